The van der Waals surface area contributed by atoms with Crippen LogP contribution in [0.15, 0.2) is 0 Å². The number of amides is 2. The van der Waals surface area contributed by atoms with Crippen LogP contribution in [0.2, 0.25) is 0 Å². The van der Waals surface area contributed by atoms with Crippen molar-refractivity contribution in [3.05, 3.63) is 0 Å². The summed E-state index contributed by atoms with van der Waals surface area (Å²) in [5.41, 5.74) is 0. The fourth-order valence-corrected chi connectivity index (χ4v) is 1.99. The molecule has 5 nitrogen and oxygen atoms in total. The molecule has 0 radical (unpaired) electrons. The molecule has 1 saturated heterocycles. The van der Waals surface area contributed by atoms with Crippen LogP contribution in [0.4, 0.5) is 4.79 Å². The van der Waals surface area contributed by atoms with E-state index in [2.05, 4.69) is 10.6 Å². The predicted molar refractivity (Wildman–Crippen MR) is 61.0 cm³/mol. The van der Waals surface area contributed by atoms with Gasteiger partial charge in [-0.1, -0.05) is 11.8 Å². The largest absolute Gasteiger partial charge is 0.353 e. The molecule has 0 aromatic carbocycles. The molecule has 0 aromatic rings. The molecule has 1 rings (SSSR count). The van der Waals surface area contributed by atoms with E-state index in [1.165, 1.54) is 11.8 Å². The highest BCUT2D eigenvalue weighted by Gasteiger charge is 2.22. The molecule has 1 fully saturated rings. The summed E-state index contributed by atoms with van der Waals surface area (Å²) in [6, 6.07) is 0.248. The van der Waals surface area contributed by atoms with E-state index in [0.29, 0.717) is 13.1 Å². The SMILES string of the molecule is CNC(C)CNC(=O)CN1CCSC1=O. The van der Waals surface area contributed by atoms with Crippen molar-refractivity contribution in [2.45, 2.75) is 13.0 Å². The summed E-state index contributed by atoms with van der Waals surface area (Å²) in [6.45, 7) is 3.43. The smallest absolute Gasteiger partial charge is 0.282 e. The third kappa shape index (κ3) is 4.09. The Hall–Kier alpha value is -0.750. The summed E-state index contributed by atoms with van der Waals surface area (Å²) < 4.78 is 0. The van der Waals surface area contributed by atoms with Crippen LogP contribution in [0, 0.1) is 0 Å². The fraction of sp³-hybridized carbons (Fsp3) is 0.778. The Morgan fingerprint density at radius 2 is 2.40 bits per heavy atom. The van der Waals surface area contributed by atoms with Crippen molar-refractivity contribution in [1.29, 1.82) is 0 Å². The van der Waals surface area contributed by atoms with Gasteiger partial charge in [0, 0.05) is 24.9 Å². The molecule has 0 bridgehead atoms. The molecule has 0 aromatic heterocycles. The number of nitrogens with one attached hydrogen (secondary N) is 2. The highest BCUT2D eigenvalue weighted by atomic mass is 32.2. The van der Waals surface area contributed by atoms with Gasteiger partial charge in [-0.15, -0.1) is 0 Å². The average Bonchev–Trinajstić information content (AvgIpc) is 2.61. The van der Waals surface area contributed by atoms with Crippen LogP contribution in [0.3, 0.4) is 0 Å². The van der Waals surface area contributed by atoms with Crippen molar-refractivity contribution in [1.82, 2.24) is 15.5 Å². The summed E-state index contributed by atoms with van der Waals surface area (Å²) in [6.07, 6.45) is 0. The second kappa shape index (κ2) is 5.97. The van der Waals surface area contributed by atoms with Gasteiger partial charge in [-0.3, -0.25) is 9.59 Å². The van der Waals surface area contributed by atoms with Crippen LogP contribution in [-0.2, 0) is 4.79 Å². The molecule has 2 amide bonds. The van der Waals surface area contributed by atoms with Crippen molar-refractivity contribution in [2.75, 3.05) is 32.4 Å². The first kappa shape index (κ1) is 12.3. The Morgan fingerprint density at radius 3 is 2.93 bits per heavy atom. The van der Waals surface area contributed by atoms with Crippen LogP contribution in [-0.4, -0.2) is 54.5 Å². The van der Waals surface area contributed by atoms with Gasteiger partial charge in [0.25, 0.3) is 5.24 Å². The maximum Gasteiger partial charge on any atom is 0.282 e. The third-order valence-corrected chi connectivity index (χ3v) is 3.17. The van der Waals surface area contributed by atoms with Crippen molar-refractivity contribution >= 4 is 22.9 Å². The second-order valence-corrected chi connectivity index (χ2v) is 4.58. The van der Waals surface area contributed by atoms with Gasteiger partial charge in [-0.25, -0.2) is 0 Å². The first-order valence-corrected chi connectivity index (χ1v) is 5.97. The van der Waals surface area contributed by atoms with E-state index in [1.54, 1.807) is 4.90 Å². The number of rotatable bonds is 5. The Bertz CT molecular complexity index is 248. The molecule has 15 heavy (non-hydrogen) atoms. The lowest BCUT2D eigenvalue weighted by molar-refractivity contribution is -0.121. The Balaban J connectivity index is 2.21. The van der Waals surface area contributed by atoms with Gasteiger partial charge in [0.05, 0.1) is 0 Å². The van der Waals surface area contributed by atoms with Crippen molar-refractivity contribution < 1.29 is 9.59 Å². The van der Waals surface area contributed by atoms with Crippen LogP contribution >= 0.6 is 11.8 Å². The van der Waals surface area contributed by atoms with Gasteiger partial charge >= 0.3 is 0 Å². The van der Waals surface area contributed by atoms with Crippen molar-refractivity contribution in [3.8, 4) is 0 Å². The normalized spacial score (nSPS) is 18.0. The predicted octanol–water partition coefficient (Wildman–Crippen LogP) is -0.121. The third-order valence-electron chi connectivity index (χ3n) is 2.28. The minimum atomic E-state index is -0.0899. The van der Waals surface area contributed by atoms with Crippen molar-refractivity contribution in [2.24, 2.45) is 0 Å². The number of hydrogen-bond acceptors (Lipinski definition) is 4. The van der Waals surface area contributed by atoms with Gasteiger partial charge in [0.2, 0.25) is 5.91 Å². The fourth-order valence-electron chi connectivity index (χ4n) is 1.17. The van der Waals surface area contributed by atoms with E-state index in [9.17, 15) is 9.59 Å². The number of carbonyl (C=O) groups excluding carboxylic acids is 2. The molecular weight excluding hydrogens is 214 g/mol. The second-order valence-electron chi connectivity index (χ2n) is 3.53. The Kier molecular flexibility index (Phi) is 4.90. The first-order valence-electron chi connectivity index (χ1n) is 4.99. The summed E-state index contributed by atoms with van der Waals surface area (Å²) in [5, 5.41) is 5.81. The molecule has 1 atom stereocenters. The van der Waals surface area contributed by atoms with E-state index < -0.39 is 0 Å². The number of carbonyl (C=O) groups is 2. The molecule has 1 heterocycles. The summed E-state index contributed by atoms with van der Waals surface area (Å²) in [5.74, 6) is 0.701. The molecular formula is C9H17N3O2S. The molecule has 1 aliphatic heterocycles. The molecule has 2 N–H and O–H groups in total. The van der Waals surface area contributed by atoms with E-state index in [0.717, 1.165) is 5.75 Å². The summed E-state index contributed by atoms with van der Waals surface area (Å²) in [7, 11) is 1.84. The lowest BCUT2D eigenvalue weighted by Gasteiger charge is -2.15. The Morgan fingerprint density at radius 1 is 1.67 bits per heavy atom. The zero-order valence-corrected chi connectivity index (χ0v) is 9.89. The minimum absolute atomic E-state index is 0.00631. The monoisotopic (exact) mass is 231 g/mol. The summed E-state index contributed by atoms with van der Waals surface area (Å²) >= 11 is 1.27. The Labute approximate surface area is 94.0 Å². The maximum absolute atomic E-state index is 11.4. The van der Waals surface area contributed by atoms with Crippen LogP contribution in [0.5, 0.6) is 0 Å². The van der Waals surface area contributed by atoms with E-state index >= 15 is 0 Å². The quantitative estimate of drug-likeness (QED) is 0.692. The van der Waals surface area contributed by atoms with E-state index in [1.807, 2.05) is 14.0 Å². The molecule has 1 unspecified atom stereocenters. The van der Waals surface area contributed by atoms with E-state index in [-0.39, 0.29) is 23.7 Å². The molecule has 86 valence electrons. The van der Waals surface area contributed by atoms with Crippen molar-refractivity contribution in [3.63, 3.8) is 0 Å². The molecule has 1 aliphatic rings. The number of nitrogens with zero attached hydrogens (tertiary/aromatic N) is 1. The molecule has 6 heteroatoms. The first-order chi connectivity index (χ1) is 7.13. The van der Waals surface area contributed by atoms with Gasteiger partial charge in [0.1, 0.15) is 6.54 Å². The molecule has 0 aliphatic carbocycles. The lowest BCUT2D eigenvalue weighted by atomic mass is 10.3. The lowest BCUT2D eigenvalue weighted by Crippen LogP contribution is -2.42. The number of thioether (sulfide) groups is 1. The maximum atomic E-state index is 11.4. The van der Waals surface area contributed by atoms with Crippen LogP contribution in [0.1, 0.15) is 6.92 Å². The van der Waals surface area contributed by atoms with Gasteiger partial charge < -0.3 is 15.5 Å². The zero-order valence-electron chi connectivity index (χ0n) is 9.08. The zero-order chi connectivity index (χ0) is 11.3. The topological polar surface area (TPSA) is 61.4 Å². The highest BCUT2D eigenvalue weighted by molar-refractivity contribution is 8.13. The van der Waals surface area contributed by atoms with Gasteiger partial charge in [-0.2, -0.15) is 0 Å². The number of hydrogen-bond donors (Lipinski definition) is 2. The average molecular weight is 231 g/mol. The van der Waals surface area contributed by atoms with Gasteiger partial charge in [0.15, 0.2) is 0 Å². The summed E-state index contributed by atoms with van der Waals surface area (Å²) in [4.78, 5) is 24.2. The van der Waals surface area contributed by atoms with Gasteiger partial charge in [-0.05, 0) is 14.0 Å². The van der Waals surface area contributed by atoms with Crippen LogP contribution in [0.25, 0.3) is 0 Å². The standard InChI is InChI=1S/C9H17N3O2S/c1-7(10-2)5-11-8(13)6-12-3-4-15-9(12)14/h7,10H,3-6H2,1-2H3,(H,11,13). The highest BCUT2D eigenvalue weighted by Crippen LogP contribution is 2.16. The molecule has 0 saturated carbocycles. The van der Waals surface area contributed by atoms with E-state index in [4.69, 9.17) is 0 Å². The number of likely N-dealkylation sites (N-methyl/N-ethyl adjacent to an activating group) is 1. The van der Waals surface area contributed by atoms with Crippen LogP contribution < -0.4 is 10.6 Å². The molecule has 0 spiro atoms. The minimum Gasteiger partial charge on any atom is -0.353 e.